The molecule has 19 heavy (non-hydrogen) atoms. The van der Waals surface area contributed by atoms with E-state index in [1.54, 1.807) is 37.3 Å². The topological polar surface area (TPSA) is 72.2 Å². The summed E-state index contributed by atoms with van der Waals surface area (Å²) in [5, 5.41) is 0. The fourth-order valence-electron chi connectivity index (χ4n) is 1.66. The van der Waals surface area contributed by atoms with Crippen molar-refractivity contribution >= 4 is 37.3 Å². The Labute approximate surface area is 120 Å². The minimum atomic E-state index is -3.64. The van der Waals surface area contributed by atoms with Gasteiger partial charge >= 0.3 is 0 Å². The first-order chi connectivity index (χ1) is 8.90. The predicted molar refractivity (Wildman–Crippen MR) is 80.5 cm³/mol. The number of sulfonamides is 1. The molecule has 2 aromatic carbocycles. The van der Waals surface area contributed by atoms with Crippen LogP contribution < -0.4 is 10.5 Å². The Morgan fingerprint density at radius 3 is 2.47 bits per heavy atom. The van der Waals surface area contributed by atoms with Gasteiger partial charge in [-0.3, -0.25) is 4.72 Å². The smallest absolute Gasteiger partial charge is 0.262 e. The highest BCUT2D eigenvalue weighted by molar-refractivity contribution is 9.10. The van der Waals surface area contributed by atoms with Crippen LogP contribution in [0.15, 0.2) is 51.8 Å². The second kappa shape index (κ2) is 5.22. The Hall–Kier alpha value is -1.53. The molecule has 0 saturated carbocycles. The molecule has 0 spiro atoms. The monoisotopic (exact) mass is 340 g/mol. The number of hydrogen-bond donors (Lipinski definition) is 2. The number of aryl methyl sites for hydroxylation is 1. The zero-order valence-electron chi connectivity index (χ0n) is 10.2. The lowest BCUT2D eigenvalue weighted by molar-refractivity contribution is 0.601. The molecule has 0 amide bonds. The lowest BCUT2D eigenvalue weighted by atomic mass is 10.2. The summed E-state index contributed by atoms with van der Waals surface area (Å²) in [6, 6.07) is 11.7. The van der Waals surface area contributed by atoms with Crippen molar-refractivity contribution in [3.8, 4) is 0 Å². The van der Waals surface area contributed by atoms with Gasteiger partial charge in [0.2, 0.25) is 0 Å². The molecule has 0 bridgehead atoms. The number of para-hydroxylation sites is 1. The van der Waals surface area contributed by atoms with Crippen LogP contribution in [0, 0.1) is 6.92 Å². The van der Waals surface area contributed by atoms with Crippen molar-refractivity contribution in [2.45, 2.75) is 11.8 Å². The molecular weight excluding hydrogens is 328 g/mol. The summed E-state index contributed by atoms with van der Waals surface area (Å²) >= 11 is 3.25. The maximum Gasteiger partial charge on any atom is 0.262 e. The number of halogens is 1. The molecule has 0 aliphatic heterocycles. The molecule has 0 radical (unpaired) electrons. The Morgan fingerprint density at radius 2 is 1.84 bits per heavy atom. The van der Waals surface area contributed by atoms with Gasteiger partial charge in [-0.05, 0) is 36.8 Å². The maximum atomic E-state index is 12.3. The molecule has 0 fully saturated rings. The number of hydrogen-bond acceptors (Lipinski definition) is 3. The van der Waals surface area contributed by atoms with E-state index in [0.29, 0.717) is 15.8 Å². The minimum Gasteiger partial charge on any atom is -0.397 e. The van der Waals surface area contributed by atoms with Gasteiger partial charge in [-0.25, -0.2) is 8.42 Å². The second-order valence-corrected chi connectivity index (χ2v) is 6.70. The van der Waals surface area contributed by atoms with Gasteiger partial charge in [0, 0.05) is 4.47 Å². The van der Waals surface area contributed by atoms with Gasteiger partial charge in [0.25, 0.3) is 10.0 Å². The predicted octanol–water partition coefficient (Wildman–Crippen LogP) is 3.14. The van der Waals surface area contributed by atoms with Crippen molar-refractivity contribution < 1.29 is 8.42 Å². The summed E-state index contributed by atoms with van der Waals surface area (Å²) in [5.41, 5.74) is 7.40. The Kier molecular flexibility index (Phi) is 3.82. The fraction of sp³-hybridized carbons (Fsp3) is 0.0769. The highest BCUT2D eigenvalue weighted by atomic mass is 79.9. The van der Waals surface area contributed by atoms with Gasteiger partial charge in [-0.1, -0.05) is 34.1 Å². The van der Waals surface area contributed by atoms with Crippen LogP contribution in [0.5, 0.6) is 0 Å². The summed E-state index contributed by atoms with van der Waals surface area (Å²) in [5.74, 6) is 0. The molecular formula is C13H13BrN2O2S. The first kappa shape index (κ1) is 13.9. The molecule has 6 heteroatoms. The van der Waals surface area contributed by atoms with E-state index in [9.17, 15) is 8.42 Å². The summed E-state index contributed by atoms with van der Waals surface area (Å²) in [6.07, 6.45) is 0. The zero-order valence-corrected chi connectivity index (χ0v) is 12.6. The fourth-order valence-corrected chi connectivity index (χ4v) is 3.41. The third-order valence-electron chi connectivity index (χ3n) is 2.65. The first-order valence-corrected chi connectivity index (χ1v) is 7.81. The molecule has 2 rings (SSSR count). The molecule has 4 nitrogen and oxygen atoms in total. The highest BCUT2D eigenvalue weighted by Gasteiger charge is 2.16. The molecule has 0 atom stereocenters. The third kappa shape index (κ3) is 3.08. The van der Waals surface area contributed by atoms with Gasteiger partial charge in [0.05, 0.1) is 16.3 Å². The molecule has 0 unspecified atom stereocenters. The van der Waals surface area contributed by atoms with Crippen molar-refractivity contribution in [3.05, 3.63) is 52.5 Å². The molecule has 0 saturated heterocycles. The lowest BCUT2D eigenvalue weighted by Crippen LogP contribution is -2.15. The van der Waals surface area contributed by atoms with E-state index in [4.69, 9.17) is 5.73 Å². The lowest BCUT2D eigenvalue weighted by Gasteiger charge is -2.13. The molecule has 0 heterocycles. The normalized spacial score (nSPS) is 11.3. The summed E-state index contributed by atoms with van der Waals surface area (Å²) in [7, 11) is -3.64. The van der Waals surface area contributed by atoms with Crippen LogP contribution in [0.25, 0.3) is 0 Å². The third-order valence-corrected chi connectivity index (χ3v) is 4.49. The first-order valence-electron chi connectivity index (χ1n) is 5.53. The Balaban J connectivity index is 2.42. The molecule has 100 valence electrons. The van der Waals surface area contributed by atoms with Crippen molar-refractivity contribution in [1.29, 1.82) is 0 Å². The Morgan fingerprint density at radius 1 is 1.16 bits per heavy atom. The number of nitrogens with two attached hydrogens (primary N) is 1. The Bertz CT molecular complexity index is 694. The number of anilines is 2. The van der Waals surface area contributed by atoms with Crippen molar-refractivity contribution in [1.82, 2.24) is 0 Å². The van der Waals surface area contributed by atoms with Crippen molar-refractivity contribution in [3.63, 3.8) is 0 Å². The van der Waals surface area contributed by atoms with Gasteiger partial charge in [-0.2, -0.15) is 0 Å². The van der Waals surface area contributed by atoms with E-state index in [2.05, 4.69) is 20.7 Å². The average Bonchev–Trinajstić information content (AvgIpc) is 2.34. The van der Waals surface area contributed by atoms with E-state index in [1.165, 1.54) is 12.1 Å². The highest BCUT2D eigenvalue weighted by Crippen LogP contribution is 2.26. The number of benzene rings is 2. The van der Waals surface area contributed by atoms with Crippen LogP contribution >= 0.6 is 15.9 Å². The molecule has 3 N–H and O–H groups in total. The summed E-state index contributed by atoms with van der Waals surface area (Å²) in [6.45, 7) is 1.80. The molecule has 2 aromatic rings. The molecule has 0 aliphatic carbocycles. The largest absolute Gasteiger partial charge is 0.397 e. The second-order valence-electron chi connectivity index (χ2n) is 4.10. The van der Waals surface area contributed by atoms with E-state index in [-0.39, 0.29) is 4.90 Å². The minimum absolute atomic E-state index is 0.185. The van der Waals surface area contributed by atoms with Gasteiger partial charge in [0.1, 0.15) is 0 Å². The van der Waals surface area contributed by atoms with Crippen LogP contribution in [-0.2, 0) is 10.0 Å². The average molecular weight is 341 g/mol. The number of rotatable bonds is 3. The van der Waals surface area contributed by atoms with E-state index in [1.807, 2.05) is 0 Å². The standard InChI is InChI=1S/C13H13BrN2O2S/c1-9-4-2-7-12(15)13(9)16-19(17,18)11-6-3-5-10(14)8-11/h2-8,16H,15H2,1H3. The summed E-state index contributed by atoms with van der Waals surface area (Å²) in [4.78, 5) is 0.185. The quantitative estimate of drug-likeness (QED) is 0.843. The van der Waals surface area contributed by atoms with E-state index < -0.39 is 10.0 Å². The van der Waals surface area contributed by atoms with E-state index >= 15 is 0 Å². The molecule has 0 aliphatic rings. The van der Waals surface area contributed by atoms with Crippen molar-refractivity contribution in [2.24, 2.45) is 0 Å². The maximum absolute atomic E-state index is 12.3. The molecule has 0 aromatic heterocycles. The van der Waals surface area contributed by atoms with Crippen LogP contribution in [0.2, 0.25) is 0 Å². The number of nitrogens with one attached hydrogen (secondary N) is 1. The number of nitrogen functional groups attached to an aromatic ring is 1. The zero-order chi connectivity index (χ0) is 14.0. The van der Waals surface area contributed by atoms with Crippen LogP contribution in [0.4, 0.5) is 11.4 Å². The summed E-state index contributed by atoms with van der Waals surface area (Å²) < 4.78 is 27.8. The van der Waals surface area contributed by atoms with Crippen LogP contribution in [0.1, 0.15) is 5.56 Å². The van der Waals surface area contributed by atoms with Gasteiger partial charge < -0.3 is 5.73 Å². The van der Waals surface area contributed by atoms with Crippen LogP contribution in [-0.4, -0.2) is 8.42 Å². The van der Waals surface area contributed by atoms with Crippen LogP contribution in [0.3, 0.4) is 0 Å². The van der Waals surface area contributed by atoms with Gasteiger partial charge in [-0.15, -0.1) is 0 Å². The van der Waals surface area contributed by atoms with Crippen molar-refractivity contribution in [2.75, 3.05) is 10.5 Å². The van der Waals surface area contributed by atoms with Gasteiger partial charge in [0.15, 0.2) is 0 Å². The SMILES string of the molecule is Cc1cccc(N)c1NS(=O)(=O)c1cccc(Br)c1. The van der Waals surface area contributed by atoms with E-state index in [0.717, 1.165) is 5.56 Å².